The van der Waals surface area contributed by atoms with Gasteiger partial charge in [-0.2, -0.15) is 5.10 Å². The molecule has 8 nitrogen and oxygen atoms in total. The highest BCUT2D eigenvalue weighted by molar-refractivity contribution is 6.02. The van der Waals surface area contributed by atoms with Gasteiger partial charge in [-0.05, 0) is 24.3 Å². The van der Waals surface area contributed by atoms with Crippen LogP contribution in [-0.2, 0) is 9.53 Å². The van der Waals surface area contributed by atoms with Gasteiger partial charge in [0, 0.05) is 19.5 Å². The van der Waals surface area contributed by atoms with Crippen molar-refractivity contribution in [2.24, 2.45) is 5.92 Å². The molecule has 2 amide bonds. The molecule has 1 saturated carbocycles. The number of aromatic amines is 1. The molecule has 4 rings (SSSR count). The Balaban J connectivity index is 1.51. The number of rotatable bonds is 6. The maximum absolute atomic E-state index is 13.3. The zero-order chi connectivity index (χ0) is 19.5. The van der Waals surface area contributed by atoms with Crippen molar-refractivity contribution in [1.29, 1.82) is 0 Å². The van der Waals surface area contributed by atoms with Crippen molar-refractivity contribution in [1.82, 2.24) is 20.4 Å². The summed E-state index contributed by atoms with van der Waals surface area (Å²) in [6.07, 6.45) is 2.59. The number of aromatic nitrogens is 2. The molecule has 4 N–H and O–H groups in total. The summed E-state index contributed by atoms with van der Waals surface area (Å²) in [4.78, 5) is 27.3. The summed E-state index contributed by atoms with van der Waals surface area (Å²) in [6, 6.07) is 9.14. The molecule has 2 aromatic rings. The van der Waals surface area contributed by atoms with Gasteiger partial charge < -0.3 is 20.7 Å². The fourth-order valence-corrected chi connectivity index (χ4v) is 3.51. The predicted octanol–water partition coefficient (Wildman–Crippen LogP) is 1.42. The number of hydrogen-bond acceptors (Lipinski definition) is 5. The van der Waals surface area contributed by atoms with Crippen molar-refractivity contribution in [3.8, 4) is 11.1 Å². The summed E-state index contributed by atoms with van der Waals surface area (Å²) < 4.78 is 5.53. The average Bonchev–Trinajstić information content (AvgIpc) is 3.47. The number of carbonyl (C=O) groups excluding carboxylic acids is 2. The van der Waals surface area contributed by atoms with E-state index in [4.69, 9.17) is 10.5 Å². The van der Waals surface area contributed by atoms with Crippen molar-refractivity contribution in [3.05, 3.63) is 36.0 Å². The average molecular weight is 383 g/mol. The van der Waals surface area contributed by atoms with E-state index in [1.165, 1.54) is 12.8 Å². The van der Waals surface area contributed by atoms with Gasteiger partial charge in [-0.1, -0.05) is 30.3 Å². The van der Waals surface area contributed by atoms with E-state index < -0.39 is 0 Å². The van der Waals surface area contributed by atoms with Crippen LogP contribution in [0.25, 0.3) is 11.1 Å². The summed E-state index contributed by atoms with van der Waals surface area (Å²) in [6.45, 7) is 1.92. The van der Waals surface area contributed by atoms with Crippen molar-refractivity contribution < 1.29 is 14.3 Å². The first kappa shape index (κ1) is 18.5. The molecule has 1 aromatic carbocycles. The van der Waals surface area contributed by atoms with E-state index in [0.29, 0.717) is 36.9 Å². The third-order valence-corrected chi connectivity index (χ3v) is 5.26. The van der Waals surface area contributed by atoms with E-state index in [-0.39, 0.29) is 30.1 Å². The number of hydrogen-bond donors (Lipinski definition) is 3. The van der Waals surface area contributed by atoms with Crippen LogP contribution in [-0.4, -0.2) is 59.3 Å². The third kappa shape index (κ3) is 4.01. The van der Waals surface area contributed by atoms with Crippen LogP contribution in [0.2, 0.25) is 0 Å². The first-order valence-corrected chi connectivity index (χ1v) is 9.68. The van der Waals surface area contributed by atoms with E-state index in [1.54, 1.807) is 4.90 Å². The van der Waals surface area contributed by atoms with Crippen molar-refractivity contribution in [2.75, 3.05) is 32.0 Å². The van der Waals surface area contributed by atoms with Gasteiger partial charge in [0.1, 0.15) is 5.69 Å². The maximum Gasteiger partial charge on any atom is 0.273 e. The second-order valence-electron chi connectivity index (χ2n) is 7.40. The normalized spacial score (nSPS) is 19.4. The molecule has 8 heteroatoms. The lowest BCUT2D eigenvalue weighted by molar-refractivity contribution is -0.123. The number of anilines is 1. The Morgan fingerprint density at radius 1 is 1.29 bits per heavy atom. The van der Waals surface area contributed by atoms with Gasteiger partial charge in [-0.25, -0.2) is 0 Å². The molecule has 0 radical (unpaired) electrons. The first-order valence-electron chi connectivity index (χ1n) is 9.68. The molecule has 2 fully saturated rings. The summed E-state index contributed by atoms with van der Waals surface area (Å²) >= 11 is 0. The smallest absolute Gasteiger partial charge is 0.273 e. The van der Waals surface area contributed by atoms with Crippen molar-refractivity contribution >= 4 is 17.6 Å². The minimum Gasteiger partial charge on any atom is -0.382 e. The number of nitrogens with zero attached hydrogens (tertiary/aromatic N) is 2. The molecule has 2 aliphatic rings. The fourth-order valence-electron chi connectivity index (χ4n) is 3.51. The second-order valence-corrected chi connectivity index (χ2v) is 7.40. The zero-order valence-electron chi connectivity index (χ0n) is 15.7. The Morgan fingerprint density at radius 3 is 2.82 bits per heavy atom. The molecule has 1 atom stereocenters. The Bertz CT molecular complexity index is 847. The first-order chi connectivity index (χ1) is 13.6. The summed E-state index contributed by atoms with van der Waals surface area (Å²) in [7, 11) is 0. The van der Waals surface area contributed by atoms with E-state index in [9.17, 15) is 9.59 Å². The largest absolute Gasteiger partial charge is 0.382 e. The van der Waals surface area contributed by atoms with E-state index in [1.807, 2.05) is 30.3 Å². The zero-order valence-corrected chi connectivity index (χ0v) is 15.7. The van der Waals surface area contributed by atoms with Crippen LogP contribution in [0.1, 0.15) is 29.8 Å². The SMILES string of the molecule is Nc1n[nH]c(C(=O)N2CCOC[C@H]2CC(=O)NCC2CC2)c1-c1ccccc1. The topological polar surface area (TPSA) is 113 Å². The highest BCUT2D eigenvalue weighted by Gasteiger charge is 2.33. The molecule has 1 aliphatic heterocycles. The number of H-pyrrole nitrogens is 1. The van der Waals surface area contributed by atoms with Crippen LogP contribution in [0.5, 0.6) is 0 Å². The third-order valence-electron chi connectivity index (χ3n) is 5.26. The summed E-state index contributed by atoms with van der Waals surface area (Å²) in [5, 5.41) is 9.79. The number of amides is 2. The summed E-state index contributed by atoms with van der Waals surface area (Å²) in [5.74, 6) is 0.631. The molecule has 2 heterocycles. The Hall–Kier alpha value is -2.87. The molecule has 1 aliphatic carbocycles. The van der Waals surface area contributed by atoms with Gasteiger partial charge in [0.05, 0.1) is 24.8 Å². The molecule has 0 bridgehead atoms. The Morgan fingerprint density at radius 2 is 2.07 bits per heavy atom. The highest BCUT2D eigenvalue weighted by Crippen LogP contribution is 2.30. The van der Waals surface area contributed by atoms with Crippen LogP contribution < -0.4 is 11.1 Å². The number of morpholine rings is 1. The van der Waals surface area contributed by atoms with Crippen molar-refractivity contribution in [3.63, 3.8) is 0 Å². The number of nitrogen functional groups attached to an aromatic ring is 1. The molecule has 28 heavy (non-hydrogen) atoms. The highest BCUT2D eigenvalue weighted by atomic mass is 16.5. The number of carbonyl (C=O) groups is 2. The van der Waals surface area contributed by atoms with Gasteiger partial charge in [0.15, 0.2) is 5.82 Å². The van der Waals surface area contributed by atoms with Crippen molar-refractivity contribution in [2.45, 2.75) is 25.3 Å². The van der Waals surface area contributed by atoms with Crippen LogP contribution in [0.4, 0.5) is 5.82 Å². The predicted molar refractivity (Wildman–Crippen MR) is 104 cm³/mol. The molecule has 0 unspecified atom stereocenters. The fraction of sp³-hybridized carbons (Fsp3) is 0.450. The van der Waals surface area contributed by atoms with E-state index in [2.05, 4.69) is 15.5 Å². The van der Waals surface area contributed by atoms with Crippen LogP contribution in [0, 0.1) is 5.92 Å². The van der Waals surface area contributed by atoms with Gasteiger partial charge >= 0.3 is 0 Å². The lowest BCUT2D eigenvalue weighted by atomic mass is 10.0. The maximum atomic E-state index is 13.3. The standard InChI is InChI=1S/C20H25N5O3/c21-19-17(14-4-2-1-3-5-14)18(23-24-19)20(27)25-8-9-28-12-15(25)10-16(26)22-11-13-6-7-13/h1-5,13,15H,6-12H2,(H,22,26)(H3,21,23,24)/t15-/m1/s1. The summed E-state index contributed by atoms with van der Waals surface area (Å²) in [5.41, 5.74) is 7.78. The number of benzene rings is 1. The van der Waals surface area contributed by atoms with E-state index in [0.717, 1.165) is 12.1 Å². The molecule has 148 valence electrons. The lowest BCUT2D eigenvalue weighted by Gasteiger charge is -2.35. The van der Waals surface area contributed by atoms with Gasteiger partial charge in [-0.3, -0.25) is 14.7 Å². The van der Waals surface area contributed by atoms with E-state index >= 15 is 0 Å². The van der Waals surface area contributed by atoms with Crippen LogP contribution in [0.15, 0.2) is 30.3 Å². The molecule has 1 saturated heterocycles. The molecular weight excluding hydrogens is 358 g/mol. The van der Waals surface area contributed by atoms with Gasteiger partial charge in [-0.15, -0.1) is 0 Å². The Labute approximate surface area is 163 Å². The van der Waals surface area contributed by atoms with Crippen LogP contribution >= 0.6 is 0 Å². The second kappa shape index (κ2) is 8.02. The molecule has 0 spiro atoms. The molecule has 1 aromatic heterocycles. The monoisotopic (exact) mass is 383 g/mol. The molecular formula is C20H25N5O3. The number of ether oxygens (including phenoxy) is 1. The minimum absolute atomic E-state index is 0.0485. The minimum atomic E-state index is -0.311. The van der Waals surface area contributed by atoms with Crippen LogP contribution in [0.3, 0.4) is 0 Å². The van der Waals surface area contributed by atoms with Gasteiger partial charge in [0.2, 0.25) is 5.91 Å². The number of nitrogens with one attached hydrogen (secondary N) is 2. The lowest BCUT2D eigenvalue weighted by Crippen LogP contribution is -2.50. The van der Waals surface area contributed by atoms with Gasteiger partial charge in [0.25, 0.3) is 5.91 Å². The number of nitrogens with two attached hydrogens (primary N) is 1. The quantitative estimate of drug-likeness (QED) is 0.698. The Kier molecular flexibility index (Phi) is 5.29.